The SMILES string of the molecule is CCCN=C(NN)NCCCS(C)(=O)=O. The van der Waals surface area contributed by atoms with Gasteiger partial charge in [0.2, 0.25) is 5.96 Å². The van der Waals surface area contributed by atoms with Gasteiger partial charge in [-0.1, -0.05) is 6.92 Å². The molecule has 0 aromatic rings. The lowest BCUT2D eigenvalue weighted by atomic mass is 10.5. The summed E-state index contributed by atoms with van der Waals surface area (Å²) >= 11 is 0. The van der Waals surface area contributed by atoms with E-state index in [0.717, 1.165) is 6.42 Å². The normalized spacial score (nSPS) is 12.6. The standard InChI is InChI=1S/C8H20N4O2S/c1-3-5-10-8(12-9)11-6-4-7-15(2,13)14/h3-7,9H2,1-2H3,(H2,10,11,12). The lowest BCUT2D eigenvalue weighted by molar-refractivity contribution is 0.598. The Morgan fingerprint density at radius 1 is 1.47 bits per heavy atom. The van der Waals surface area contributed by atoms with Crippen molar-refractivity contribution in [1.29, 1.82) is 0 Å². The molecule has 0 radical (unpaired) electrons. The van der Waals surface area contributed by atoms with Crippen molar-refractivity contribution < 1.29 is 8.42 Å². The first kappa shape index (κ1) is 14.2. The van der Waals surface area contributed by atoms with Gasteiger partial charge in [0.25, 0.3) is 0 Å². The molecule has 0 aliphatic rings. The van der Waals surface area contributed by atoms with Crippen molar-refractivity contribution in [2.45, 2.75) is 19.8 Å². The number of guanidine groups is 1. The molecule has 0 fully saturated rings. The number of nitrogens with one attached hydrogen (secondary N) is 2. The highest BCUT2D eigenvalue weighted by Gasteiger charge is 2.01. The van der Waals surface area contributed by atoms with Gasteiger partial charge in [-0.15, -0.1) is 0 Å². The number of aliphatic imine (C=N–C) groups is 1. The van der Waals surface area contributed by atoms with E-state index in [1.165, 1.54) is 6.26 Å². The molecule has 6 nitrogen and oxygen atoms in total. The minimum absolute atomic E-state index is 0.172. The Bertz CT molecular complexity index is 287. The lowest BCUT2D eigenvalue weighted by Crippen LogP contribution is -2.42. The van der Waals surface area contributed by atoms with E-state index < -0.39 is 9.84 Å². The molecule has 0 unspecified atom stereocenters. The first-order chi connectivity index (χ1) is 6.99. The molecule has 0 atom stereocenters. The largest absolute Gasteiger partial charge is 0.355 e. The molecule has 15 heavy (non-hydrogen) atoms. The van der Waals surface area contributed by atoms with Crippen LogP contribution in [0.2, 0.25) is 0 Å². The fourth-order valence-corrected chi connectivity index (χ4v) is 1.59. The number of hydrogen-bond acceptors (Lipinski definition) is 4. The third-order valence-electron chi connectivity index (χ3n) is 1.61. The molecular weight excluding hydrogens is 216 g/mol. The summed E-state index contributed by atoms with van der Waals surface area (Å²) in [5.41, 5.74) is 2.42. The van der Waals surface area contributed by atoms with Crippen LogP contribution < -0.4 is 16.6 Å². The maximum absolute atomic E-state index is 10.8. The molecule has 4 N–H and O–H groups in total. The minimum Gasteiger partial charge on any atom is -0.355 e. The predicted octanol–water partition coefficient (Wildman–Crippen LogP) is -0.760. The zero-order valence-electron chi connectivity index (χ0n) is 9.28. The summed E-state index contributed by atoms with van der Waals surface area (Å²) in [6.45, 7) is 3.25. The van der Waals surface area contributed by atoms with Gasteiger partial charge < -0.3 is 5.32 Å². The summed E-state index contributed by atoms with van der Waals surface area (Å²) in [7, 11) is -2.88. The third kappa shape index (κ3) is 9.48. The summed E-state index contributed by atoms with van der Waals surface area (Å²) in [5.74, 6) is 5.90. The van der Waals surface area contributed by atoms with Crippen molar-refractivity contribution in [2.75, 3.05) is 25.1 Å². The Morgan fingerprint density at radius 3 is 2.60 bits per heavy atom. The Labute approximate surface area is 91.2 Å². The van der Waals surface area contributed by atoms with Gasteiger partial charge in [0.1, 0.15) is 9.84 Å². The lowest BCUT2D eigenvalue weighted by Gasteiger charge is -2.08. The fourth-order valence-electron chi connectivity index (χ4n) is 0.917. The summed E-state index contributed by atoms with van der Waals surface area (Å²) in [6.07, 6.45) is 2.71. The van der Waals surface area contributed by atoms with Crippen molar-refractivity contribution in [3.63, 3.8) is 0 Å². The molecule has 0 aromatic heterocycles. The van der Waals surface area contributed by atoms with Crippen LogP contribution in [0.3, 0.4) is 0 Å². The molecule has 0 spiro atoms. The van der Waals surface area contributed by atoms with Crippen LogP contribution in [0.5, 0.6) is 0 Å². The van der Waals surface area contributed by atoms with Crippen molar-refractivity contribution in [3.8, 4) is 0 Å². The monoisotopic (exact) mass is 236 g/mol. The van der Waals surface area contributed by atoms with E-state index >= 15 is 0 Å². The number of nitrogens with two attached hydrogens (primary N) is 1. The van der Waals surface area contributed by atoms with Crippen molar-refractivity contribution in [3.05, 3.63) is 0 Å². The van der Waals surface area contributed by atoms with Crippen LogP contribution in [0.4, 0.5) is 0 Å². The predicted molar refractivity (Wildman–Crippen MR) is 62.2 cm³/mol. The molecule has 0 aliphatic heterocycles. The first-order valence-electron chi connectivity index (χ1n) is 4.92. The van der Waals surface area contributed by atoms with E-state index in [2.05, 4.69) is 15.7 Å². The molecule has 7 heteroatoms. The number of nitrogens with zero attached hydrogens (tertiary/aromatic N) is 1. The Kier molecular flexibility index (Phi) is 7.06. The number of rotatable bonds is 6. The van der Waals surface area contributed by atoms with E-state index in [1.807, 2.05) is 6.92 Å². The molecular formula is C8H20N4O2S. The topological polar surface area (TPSA) is 96.6 Å². The summed E-state index contributed by atoms with van der Waals surface area (Å²) in [6, 6.07) is 0. The van der Waals surface area contributed by atoms with E-state index in [1.54, 1.807) is 0 Å². The van der Waals surface area contributed by atoms with Crippen LogP contribution in [0.25, 0.3) is 0 Å². The Balaban J connectivity index is 3.73. The zero-order valence-corrected chi connectivity index (χ0v) is 10.1. The quantitative estimate of drug-likeness (QED) is 0.185. The highest BCUT2D eigenvalue weighted by Crippen LogP contribution is 1.87. The number of hydrazine groups is 1. The van der Waals surface area contributed by atoms with Gasteiger partial charge in [0.05, 0.1) is 5.75 Å². The number of hydrogen-bond donors (Lipinski definition) is 3. The van der Waals surface area contributed by atoms with E-state index in [0.29, 0.717) is 25.5 Å². The zero-order chi connectivity index (χ0) is 11.7. The molecule has 0 saturated carbocycles. The van der Waals surface area contributed by atoms with Crippen LogP contribution >= 0.6 is 0 Å². The van der Waals surface area contributed by atoms with Gasteiger partial charge in [-0.2, -0.15) is 0 Å². The highest BCUT2D eigenvalue weighted by molar-refractivity contribution is 7.90. The van der Waals surface area contributed by atoms with Crippen molar-refractivity contribution >= 4 is 15.8 Å². The molecule has 0 aromatic carbocycles. The molecule has 90 valence electrons. The van der Waals surface area contributed by atoms with Crippen LogP contribution in [0.1, 0.15) is 19.8 Å². The highest BCUT2D eigenvalue weighted by atomic mass is 32.2. The molecule has 0 amide bonds. The maximum Gasteiger partial charge on any atom is 0.205 e. The summed E-state index contributed by atoms with van der Waals surface area (Å²) in [4.78, 5) is 4.11. The van der Waals surface area contributed by atoms with Gasteiger partial charge in [0.15, 0.2) is 0 Å². The fraction of sp³-hybridized carbons (Fsp3) is 0.875. The molecule has 0 rings (SSSR count). The van der Waals surface area contributed by atoms with Crippen molar-refractivity contribution in [2.24, 2.45) is 10.8 Å². The second kappa shape index (κ2) is 7.47. The molecule has 0 aliphatic carbocycles. The van der Waals surface area contributed by atoms with E-state index in [4.69, 9.17) is 5.84 Å². The number of sulfone groups is 1. The average molecular weight is 236 g/mol. The van der Waals surface area contributed by atoms with Crippen LogP contribution in [-0.4, -0.2) is 39.5 Å². The maximum atomic E-state index is 10.8. The van der Waals surface area contributed by atoms with Crippen LogP contribution in [0, 0.1) is 0 Å². The summed E-state index contributed by atoms with van der Waals surface area (Å²) in [5, 5.41) is 2.93. The molecule has 0 bridgehead atoms. The summed E-state index contributed by atoms with van der Waals surface area (Å²) < 4.78 is 21.6. The van der Waals surface area contributed by atoms with E-state index in [-0.39, 0.29) is 5.75 Å². The van der Waals surface area contributed by atoms with Gasteiger partial charge in [-0.05, 0) is 12.8 Å². The van der Waals surface area contributed by atoms with Gasteiger partial charge in [0, 0.05) is 19.3 Å². The van der Waals surface area contributed by atoms with E-state index in [9.17, 15) is 8.42 Å². The van der Waals surface area contributed by atoms with Gasteiger partial charge in [-0.3, -0.25) is 10.4 Å². The van der Waals surface area contributed by atoms with Crippen molar-refractivity contribution in [1.82, 2.24) is 10.7 Å². The minimum atomic E-state index is -2.88. The second-order valence-electron chi connectivity index (χ2n) is 3.28. The molecule has 0 heterocycles. The average Bonchev–Trinajstić information content (AvgIpc) is 2.15. The smallest absolute Gasteiger partial charge is 0.205 e. The second-order valence-corrected chi connectivity index (χ2v) is 5.54. The molecule has 0 saturated heterocycles. The first-order valence-corrected chi connectivity index (χ1v) is 6.98. The van der Waals surface area contributed by atoms with Gasteiger partial charge in [-0.25, -0.2) is 14.3 Å². The van der Waals surface area contributed by atoms with Gasteiger partial charge >= 0.3 is 0 Å². The van der Waals surface area contributed by atoms with Crippen LogP contribution in [0.15, 0.2) is 4.99 Å². The third-order valence-corrected chi connectivity index (χ3v) is 2.64. The van der Waals surface area contributed by atoms with Crippen LogP contribution in [-0.2, 0) is 9.84 Å². The Hall–Kier alpha value is -0.820. The Morgan fingerprint density at radius 2 is 2.13 bits per heavy atom.